The van der Waals surface area contributed by atoms with Gasteiger partial charge in [0.15, 0.2) is 12.4 Å². The molecule has 0 aromatic carbocycles. The van der Waals surface area contributed by atoms with Crippen LogP contribution in [0.15, 0.2) is 34.8 Å². The molecule has 70 valence electrons. The first kappa shape index (κ1) is 8.49. The molecule has 0 unspecified atom stereocenters. The molecule has 0 saturated carbocycles. The van der Waals surface area contributed by atoms with Gasteiger partial charge in [-0.1, -0.05) is 10.2 Å². The minimum absolute atomic E-state index is 0.468. The Morgan fingerprint density at radius 3 is 2.50 bits per heavy atom. The lowest BCUT2D eigenvalue weighted by Crippen LogP contribution is -2.32. The third-order valence-corrected chi connectivity index (χ3v) is 1.79. The standard InChI is InChI=1S/C8H7N4O2/c1-11-4-2-3-6(5-11)12-7(13)9-10-8(12)14/h2-5H,1H3/q+1. The van der Waals surface area contributed by atoms with Gasteiger partial charge in [0, 0.05) is 6.07 Å². The number of aryl methyl sites for hydroxylation is 1. The van der Waals surface area contributed by atoms with Gasteiger partial charge in [0.1, 0.15) is 12.7 Å². The fourth-order valence-electron chi connectivity index (χ4n) is 1.18. The second-order valence-electron chi connectivity index (χ2n) is 2.83. The maximum absolute atomic E-state index is 11.1. The molecule has 4 amide bonds. The van der Waals surface area contributed by atoms with E-state index >= 15 is 0 Å². The van der Waals surface area contributed by atoms with E-state index in [9.17, 15) is 9.59 Å². The summed E-state index contributed by atoms with van der Waals surface area (Å²) in [5.74, 6) is 0. The fourth-order valence-corrected chi connectivity index (χ4v) is 1.18. The lowest BCUT2D eigenvalue weighted by molar-refractivity contribution is -0.670. The van der Waals surface area contributed by atoms with Gasteiger partial charge >= 0.3 is 12.1 Å². The van der Waals surface area contributed by atoms with E-state index < -0.39 is 12.1 Å². The Hall–Kier alpha value is -2.11. The summed E-state index contributed by atoms with van der Waals surface area (Å²) in [7, 11) is 1.79. The highest BCUT2D eigenvalue weighted by Gasteiger charge is 2.30. The van der Waals surface area contributed by atoms with Crippen molar-refractivity contribution in [3.63, 3.8) is 0 Å². The summed E-state index contributed by atoms with van der Waals surface area (Å²) in [5.41, 5.74) is 0.468. The molecule has 0 fully saturated rings. The molecule has 14 heavy (non-hydrogen) atoms. The molecule has 1 aliphatic rings. The molecule has 0 bridgehead atoms. The Morgan fingerprint density at radius 2 is 1.93 bits per heavy atom. The maximum Gasteiger partial charge on any atom is 0.375 e. The van der Waals surface area contributed by atoms with Gasteiger partial charge in [-0.3, -0.25) is 0 Å². The second-order valence-corrected chi connectivity index (χ2v) is 2.83. The van der Waals surface area contributed by atoms with Gasteiger partial charge in [0.05, 0.1) is 0 Å². The molecule has 6 nitrogen and oxygen atoms in total. The first-order chi connectivity index (χ1) is 6.68. The number of carbonyl (C=O) groups excluding carboxylic acids is 2. The van der Waals surface area contributed by atoms with Crippen LogP contribution in [-0.4, -0.2) is 12.1 Å². The van der Waals surface area contributed by atoms with Crippen LogP contribution in [0.2, 0.25) is 0 Å². The summed E-state index contributed by atoms with van der Waals surface area (Å²) < 4.78 is 1.73. The average molecular weight is 191 g/mol. The van der Waals surface area contributed by atoms with E-state index in [0.29, 0.717) is 5.69 Å². The van der Waals surface area contributed by atoms with E-state index in [1.807, 2.05) is 0 Å². The summed E-state index contributed by atoms with van der Waals surface area (Å²) in [5, 5.41) is 6.32. The van der Waals surface area contributed by atoms with Crippen LogP contribution in [0.5, 0.6) is 0 Å². The van der Waals surface area contributed by atoms with Crippen molar-refractivity contribution >= 4 is 17.7 Å². The van der Waals surface area contributed by atoms with E-state index in [2.05, 4.69) is 10.2 Å². The zero-order valence-electron chi connectivity index (χ0n) is 7.41. The molecule has 1 aliphatic heterocycles. The third-order valence-electron chi connectivity index (χ3n) is 1.79. The number of anilines is 1. The van der Waals surface area contributed by atoms with Crippen LogP contribution < -0.4 is 9.47 Å². The minimum atomic E-state index is -0.652. The summed E-state index contributed by atoms with van der Waals surface area (Å²) in [4.78, 5) is 23.2. The number of hydrogen-bond donors (Lipinski definition) is 0. The van der Waals surface area contributed by atoms with Crippen molar-refractivity contribution in [3.05, 3.63) is 24.5 Å². The molecular formula is C8H7N4O2+. The van der Waals surface area contributed by atoms with Gasteiger partial charge in [0.25, 0.3) is 0 Å². The second kappa shape index (κ2) is 2.99. The Labute approximate surface area is 79.5 Å². The van der Waals surface area contributed by atoms with Crippen LogP contribution in [0.25, 0.3) is 0 Å². The quantitative estimate of drug-likeness (QED) is 0.622. The Kier molecular flexibility index (Phi) is 1.81. The van der Waals surface area contributed by atoms with Crippen molar-refractivity contribution in [2.75, 3.05) is 4.90 Å². The molecule has 2 rings (SSSR count). The van der Waals surface area contributed by atoms with Crippen molar-refractivity contribution < 1.29 is 14.2 Å². The Balaban J connectivity index is 2.41. The molecule has 0 radical (unpaired) electrons. The zero-order valence-corrected chi connectivity index (χ0v) is 7.41. The predicted molar refractivity (Wildman–Crippen MR) is 45.7 cm³/mol. The molecule has 0 saturated heterocycles. The number of carbonyl (C=O) groups is 2. The van der Waals surface area contributed by atoms with E-state index in [-0.39, 0.29) is 0 Å². The summed E-state index contributed by atoms with van der Waals surface area (Å²) in [6.45, 7) is 0. The van der Waals surface area contributed by atoms with Crippen LogP contribution in [0.1, 0.15) is 0 Å². The molecule has 0 N–H and O–H groups in total. The normalized spacial score (nSPS) is 15.4. The lowest BCUT2D eigenvalue weighted by atomic mass is 10.4. The largest absolute Gasteiger partial charge is 0.375 e. The smallest absolute Gasteiger partial charge is 0.243 e. The van der Waals surface area contributed by atoms with E-state index in [1.54, 1.807) is 36.1 Å². The monoisotopic (exact) mass is 191 g/mol. The number of imide groups is 1. The van der Waals surface area contributed by atoms with Gasteiger partial charge in [-0.2, -0.15) is 0 Å². The molecule has 2 heterocycles. The number of aromatic nitrogens is 1. The number of urea groups is 2. The van der Waals surface area contributed by atoms with Crippen molar-refractivity contribution in [2.45, 2.75) is 0 Å². The average Bonchev–Trinajstić information content (AvgIpc) is 2.46. The molecule has 1 aromatic heterocycles. The molecule has 0 aliphatic carbocycles. The molecule has 1 aromatic rings. The van der Waals surface area contributed by atoms with Crippen LogP contribution in [-0.2, 0) is 7.05 Å². The summed E-state index contributed by atoms with van der Waals surface area (Å²) >= 11 is 0. The highest BCUT2D eigenvalue weighted by atomic mass is 16.2. The zero-order chi connectivity index (χ0) is 10.1. The van der Waals surface area contributed by atoms with E-state index in [4.69, 9.17) is 0 Å². The van der Waals surface area contributed by atoms with Crippen LogP contribution in [0.4, 0.5) is 15.3 Å². The number of amides is 4. The Bertz CT molecular complexity index is 423. The number of pyridine rings is 1. The highest BCUT2D eigenvalue weighted by Crippen LogP contribution is 2.17. The van der Waals surface area contributed by atoms with Gasteiger partial charge < -0.3 is 0 Å². The summed E-state index contributed by atoms with van der Waals surface area (Å²) in [6, 6.07) is 2.07. The summed E-state index contributed by atoms with van der Waals surface area (Å²) in [6.07, 6.45) is 3.44. The number of azo groups is 1. The third kappa shape index (κ3) is 1.26. The molecule has 6 heteroatoms. The van der Waals surface area contributed by atoms with Gasteiger partial charge in [0.2, 0.25) is 0 Å². The number of hydrogen-bond acceptors (Lipinski definition) is 2. The Morgan fingerprint density at radius 1 is 1.29 bits per heavy atom. The van der Waals surface area contributed by atoms with Crippen LogP contribution in [0.3, 0.4) is 0 Å². The minimum Gasteiger partial charge on any atom is -0.243 e. The van der Waals surface area contributed by atoms with Crippen molar-refractivity contribution in [1.29, 1.82) is 0 Å². The van der Waals surface area contributed by atoms with E-state index in [1.165, 1.54) is 0 Å². The maximum atomic E-state index is 11.1. The molecule has 0 spiro atoms. The molecule has 0 atom stereocenters. The SMILES string of the molecule is C[n+]1cccc(N2C(=O)N=NC2=O)c1. The fraction of sp³-hybridized carbons (Fsp3) is 0.125. The number of rotatable bonds is 1. The highest BCUT2D eigenvalue weighted by molar-refractivity contribution is 6.17. The van der Waals surface area contributed by atoms with Gasteiger partial charge in [-0.25, -0.2) is 19.1 Å². The first-order valence-corrected chi connectivity index (χ1v) is 3.93. The topological polar surface area (TPSA) is 66.0 Å². The van der Waals surface area contributed by atoms with Gasteiger partial charge in [-0.05, 0) is 6.07 Å². The molecular weight excluding hydrogens is 184 g/mol. The predicted octanol–water partition coefficient (Wildman–Crippen LogP) is 1.02. The van der Waals surface area contributed by atoms with Crippen molar-refractivity contribution in [3.8, 4) is 0 Å². The van der Waals surface area contributed by atoms with Crippen molar-refractivity contribution in [2.24, 2.45) is 17.3 Å². The van der Waals surface area contributed by atoms with Gasteiger partial charge in [-0.15, -0.1) is 0 Å². The first-order valence-electron chi connectivity index (χ1n) is 3.93. The lowest BCUT2D eigenvalue weighted by Gasteiger charge is -2.07. The van der Waals surface area contributed by atoms with E-state index in [0.717, 1.165) is 4.90 Å². The van der Waals surface area contributed by atoms with Crippen LogP contribution >= 0.6 is 0 Å². The van der Waals surface area contributed by atoms with Crippen LogP contribution in [0, 0.1) is 0 Å². The number of nitrogens with zero attached hydrogens (tertiary/aromatic N) is 4. The van der Waals surface area contributed by atoms with Crippen molar-refractivity contribution in [1.82, 2.24) is 0 Å².